The van der Waals surface area contributed by atoms with Crippen LogP contribution in [0.1, 0.15) is 44.6 Å². The van der Waals surface area contributed by atoms with Gasteiger partial charge in [0.1, 0.15) is 11.9 Å². The van der Waals surface area contributed by atoms with Crippen molar-refractivity contribution in [1.29, 1.82) is 0 Å². The highest BCUT2D eigenvalue weighted by Gasteiger charge is 2.27. The smallest absolute Gasteiger partial charge is 0.261 e. The zero-order chi connectivity index (χ0) is 19.3. The van der Waals surface area contributed by atoms with E-state index in [9.17, 15) is 9.59 Å². The number of pyridine rings is 1. The lowest BCUT2D eigenvalue weighted by atomic mass is 9.84. The number of aromatic nitrogens is 3. The van der Waals surface area contributed by atoms with Crippen LogP contribution in [0.2, 0.25) is 0 Å². The van der Waals surface area contributed by atoms with Crippen LogP contribution in [0.15, 0.2) is 59.8 Å². The van der Waals surface area contributed by atoms with Crippen molar-refractivity contribution in [3.05, 3.63) is 65.3 Å². The second kappa shape index (κ2) is 8.33. The van der Waals surface area contributed by atoms with Crippen molar-refractivity contribution in [3.8, 4) is 0 Å². The first-order chi connectivity index (χ1) is 13.7. The predicted octanol–water partition coefficient (Wildman–Crippen LogP) is 3.94. The van der Waals surface area contributed by atoms with Gasteiger partial charge in [-0.25, -0.2) is 9.97 Å². The van der Waals surface area contributed by atoms with Crippen LogP contribution in [0.25, 0.3) is 10.9 Å². The second-order valence-electron chi connectivity index (χ2n) is 7.43. The lowest BCUT2D eigenvalue weighted by Crippen LogP contribution is -2.35. The highest BCUT2D eigenvalue weighted by atomic mass is 16.2. The Kier molecular flexibility index (Phi) is 5.46. The third-order valence-corrected chi connectivity index (χ3v) is 5.53. The molecule has 2 aromatic heterocycles. The van der Waals surface area contributed by atoms with Crippen molar-refractivity contribution < 1.29 is 4.79 Å². The summed E-state index contributed by atoms with van der Waals surface area (Å²) < 4.78 is 1.50. The Balaban J connectivity index is 1.68. The van der Waals surface area contributed by atoms with Gasteiger partial charge >= 0.3 is 0 Å². The van der Waals surface area contributed by atoms with E-state index >= 15 is 0 Å². The maximum absolute atomic E-state index is 13.1. The third kappa shape index (κ3) is 3.96. The molecule has 0 spiro atoms. The Bertz CT molecular complexity index is 1010. The largest absolute Gasteiger partial charge is 0.309 e. The molecule has 2 heterocycles. The monoisotopic (exact) mass is 376 g/mol. The molecule has 1 aromatic carbocycles. The summed E-state index contributed by atoms with van der Waals surface area (Å²) >= 11 is 0. The summed E-state index contributed by atoms with van der Waals surface area (Å²) in [7, 11) is 0. The number of carbonyl (C=O) groups excluding carboxylic acids is 1. The molecular formula is C22H24N4O2. The Labute approximate surface area is 163 Å². The number of benzene rings is 1. The molecule has 1 unspecified atom stereocenters. The van der Waals surface area contributed by atoms with Gasteiger partial charge in [-0.15, -0.1) is 0 Å². The average molecular weight is 376 g/mol. The fourth-order valence-corrected chi connectivity index (χ4v) is 4.04. The molecule has 4 rings (SSSR count). The first-order valence-corrected chi connectivity index (χ1v) is 9.90. The molecule has 6 heteroatoms. The number of nitrogens with zero attached hydrogens (tertiary/aromatic N) is 3. The topological polar surface area (TPSA) is 76.9 Å². The fraction of sp³-hybridized carbons (Fsp3) is 0.364. The van der Waals surface area contributed by atoms with Gasteiger partial charge in [0.15, 0.2) is 0 Å². The maximum atomic E-state index is 13.1. The molecule has 1 saturated carbocycles. The minimum absolute atomic E-state index is 0.178. The van der Waals surface area contributed by atoms with E-state index in [0.29, 0.717) is 29.1 Å². The van der Waals surface area contributed by atoms with E-state index in [-0.39, 0.29) is 11.5 Å². The van der Waals surface area contributed by atoms with Gasteiger partial charge in [-0.3, -0.25) is 14.2 Å². The lowest BCUT2D eigenvalue weighted by molar-refractivity contribution is -0.120. The maximum Gasteiger partial charge on any atom is 0.261 e. The van der Waals surface area contributed by atoms with E-state index < -0.39 is 6.04 Å². The van der Waals surface area contributed by atoms with Crippen molar-refractivity contribution in [2.45, 2.75) is 44.6 Å². The van der Waals surface area contributed by atoms with Gasteiger partial charge in [0, 0.05) is 6.20 Å². The molecule has 1 atom stereocenters. The number of anilines is 1. The van der Waals surface area contributed by atoms with Gasteiger partial charge < -0.3 is 5.32 Å². The molecule has 0 radical (unpaired) electrons. The van der Waals surface area contributed by atoms with Crippen LogP contribution in [-0.2, 0) is 4.79 Å². The van der Waals surface area contributed by atoms with Gasteiger partial charge in [0.2, 0.25) is 5.91 Å². The molecule has 0 aliphatic heterocycles. The van der Waals surface area contributed by atoms with Gasteiger partial charge in [-0.1, -0.05) is 50.3 Å². The number of hydrogen-bond acceptors (Lipinski definition) is 4. The Morgan fingerprint density at radius 1 is 1.07 bits per heavy atom. The summed E-state index contributed by atoms with van der Waals surface area (Å²) in [6, 6.07) is 12.0. The minimum Gasteiger partial charge on any atom is -0.309 e. The standard InChI is InChI=1S/C22H24N4O2/c27-21(25-20-12-6-7-13-23-20)19(14-16-8-2-1-3-9-16)26-15-24-18-11-5-4-10-17(18)22(26)28/h4-7,10-13,15-16,19H,1-3,8-9,14H2,(H,23,25,27). The van der Waals surface area contributed by atoms with Gasteiger partial charge in [-0.2, -0.15) is 0 Å². The summed E-state index contributed by atoms with van der Waals surface area (Å²) in [6.45, 7) is 0. The zero-order valence-corrected chi connectivity index (χ0v) is 15.8. The zero-order valence-electron chi connectivity index (χ0n) is 15.8. The van der Waals surface area contributed by atoms with E-state index in [4.69, 9.17) is 0 Å². The molecule has 1 N–H and O–H groups in total. The first kappa shape index (κ1) is 18.3. The number of rotatable bonds is 5. The van der Waals surface area contributed by atoms with E-state index in [0.717, 1.165) is 12.8 Å². The number of carbonyl (C=O) groups is 1. The molecule has 1 aliphatic rings. The number of para-hydroxylation sites is 1. The lowest BCUT2D eigenvalue weighted by Gasteiger charge is -2.27. The highest BCUT2D eigenvalue weighted by Crippen LogP contribution is 2.31. The van der Waals surface area contributed by atoms with Gasteiger partial charge in [0.25, 0.3) is 5.56 Å². The van der Waals surface area contributed by atoms with Crippen molar-refractivity contribution >= 4 is 22.6 Å². The van der Waals surface area contributed by atoms with Crippen LogP contribution in [0.5, 0.6) is 0 Å². The van der Waals surface area contributed by atoms with Crippen molar-refractivity contribution in [1.82, 2.24) is 14.5 Å². The first-order valence-electron chi connectivity index (χ1n) is 9.90. The van der Waals surface area contributed by atoms with Crippen molar-refractivity contribution in [2.24, 2.45) is 5.92 Å². The van der Waals surface area contributed by atoms with Crippen LogP contribution in [0, 0.1) is 5.92 Å². The highest BCUT2D eigenvalue weighted by molar-refractivity contribution is 5.93. The molecule has 0 saturated heterocycles. The summed E-state index contributed by atoms with van der Waals surface area (Å²) in [4.78, 5) is 34.8. The van der Waals surface area contributed by atoms with E-state index in [2.05, 4.69) is 15.3 Å². The number of nitrogens with one attached hydrogen (secondary N) is 1. The number of fused-ring (bicyclic) bond motifs is 1. The normalized spacial score (nSPS) is 16.0. The van der Waals surface area contributed by atoms with Gasteiger partial charge in [0.05, 0.1) is 17.2 Å². The molecule has 1 aliphatic carbocycles. The van der Waals surface area contributed by atoms with Crippen LogP contribution in [-0.4, -0.2) is 20.4 Å². The summed E-state index contributed by atoms with van der Waals surface area (Å²) in [5, 5.41) is 3.40. The number of amides is 1. The van der Waals surface area contributed by atoms with E-state index in [1.807, 2.05) is 24.3 Å². The molecule has 144 valence electrons. The molecule has 6 nitrogen and oxygen atoms in total. The minimum atomic E-state index is -0.602. The Hall–Kier alpha value is -3.02. The predicted molar refractivity (Wildman–Crippen MR) is 109 cm³/mol. The van der Waals surface area contributed by atoms with Crippen LogP contribution in [0.3, 0.4) is 0 Å². The molecule has 28 heavy (non-hydrogen) atoms. The summed E-state index contributed by atoms with van der Waals surface area (Å²) in [5.74, 6) is 0.706. The number of hydrogen-bond donors (Lipinski definition) is 1. The molecule has 1 amide bonds. The molecule has 1 fully saturated rings. The van der Waals surface area contributed by atoms with Crippen LogP contribution >= 0.6 is 0 Å². The van der Waals surface area contributed by atoms with Crippen molar-refractivity contribution in [3.63, 3.8) is 0 Å². The average Bonchev–Trinajstić information content (AvgIpc) is 2.74. The summed E-state index contributed by atoms with van der Waals surface area (Å²) in [5.41, 5.74) is 0.466. The molecular weight excluding hydrogens is 352 g/mol. The van der Waals surface area contributed by atoms with Crippen molar-refractivity contribution in [2.75, 3.05) is 5.32 Å². The third-order valence-electron chi connectivity index (χ3n) is 5.53. The summed E-state index contributed by atoms with van der Waals surface area (Å²) in [6.07, 6.45) is 9.60. The molecule has 0 bridgehead atoms. The van der Waals surface area contributed by atoms with Crippen LogP contribution in [0.4, 0.5) is 5.82 Å². The van der Waals surface area contributed by atoms with Crippen LogP contribution < -0.4 is 10.9 Å². The SMILES string of the molecule is O=C(Nc1ccccn1)C(CC1CCCCC1)n1cnc2ccccc2c1=O. The van der Waals surface area contributed by atoms with E-state index in [1.54, 1.807) is 24.4 Å². The Morgan fingerprint density at radius 2 is 1.86 bits per heavy atom. The van der Waals surface area contributed by atoms with Gasteiger partial charge in [-0.05, 0) is 36.6 Å². The van der Waals surface area contributed by atoms with E-state index in [1.165, 1.54) is 30.2 Å². The molecule has 3 aromatic rings. The quantitative estimate of drug-likeness (QED) is 0.732. The fourth-order valence-electron chi connectivity index (χ4n) is 4.04. The second-order valence-corrected chi connectivity index (χ2v) is 7.43. The Morgan fingerprint density at radius 3 is 2.64 bits per heavy atom.